The van der Waals surface area contributed by atoms with E-state index in [-0.39, 0.29) is 17.8 Å². The second kappa shape index (κ2) is 6.04. The average molecular weight is 284 g/mol. The molecule has 2 heterocycles. The second-order valence-corrected chi connectivity index (χ2v) is 5.37. The zero-order chi connectivity index (χ0) is 14.7. The summed E-state index contributed by atoms with van der Waals surface area (Å²) < 4.78 is 13.0. The van der Waals surface area contributed by atoms with Crippen molar-refractivity contribution in [2.75, 3.05) is 6.54 Å². The van der Waals surface area contributed by atoms with E-state index in [0.717, 1.165) is 31.4 Å². The molecule has 2 aromatic rings. The Morgan fingerprint density at radius 1 is 1.29 bits per heavy atom. The van der Waals surface area contributed by atoms with E-state index in [9.17, 15) is 9.18 Å². The summed E-state index contributed by atoms with van der Waals surface area (Å²) in [7, 11) is 0. The molecule has 1 atom stereocenters. The van der Waals surface area contributed by atoms with Crippen LogP contribution in [0.5, 0.6) is 0 Å². The van der Waals surface area contributed by atoms with Gasteiger partial charge in [-0.3, -0.25) is 9.78 Å². The average Bonchev–Trinajstić information content (AvgIpc) is 2.98. The van der Waals surface area contributed by atoms with Crippen LogP contribution >= 0.6 is 0 Å². The van der Waals surface area contributed by atoms with E-state index < -0.39 is 0 Å². The summed E-state index contributed by atoms with van der Waals surface area (Å²) in [5, 5.41) is 0. The van der Waals surface area contributed by atoms with E-state index in [2.05, 4.69) is 4.98 Å². The zero-order valence-corrected chi connectivity index (χ0v) is 11.7. The molecule has 1 amide bonds. The van der Waals surface area contributed by atoms with Crippen molar-refractivity contribution < 1.29 is 9.18 Å². The summed E-state index contributed by atoms with van der Waals surface area (Å²) in [5.41, 5.74) is 1.69. The fourth-order valence-corrected chi connectivity index (χ4v) is 2.86. The van der Waals surface area contributed by atoms with Crippen molar-refractivity contribution in [2.45, 2.75) is 25.3 Å². The van der Waals surface area contributed by atoms with Crippen molar-refractivity contribution in [3.05, 3.63) is 65.7 Å². The Kier molecular flexibility index (Phi) is 3.95. The molecule has 0 spiro atoms. The fourth-order valence-electron chi connectivity index (χ4n) is 2.86. The van der Waals surface area contributed by atoms with Crippen LogP contribution in [0, 0.1) is 5.82 Å². The van der Waals surface area contributed by atoms with Gasteiger partial charge in [0.05, 0.1) is 5.56 Å². The number of amides is 1. The molecule has 3 nitrogen and oxygen atoms in total. The predicted molar refractivity (Wildman–Crippen MR) is 78.4 cm³/mol. The number of likely N-dealkylation sites (tertiary alicyclic amines) is 1. The van der Waals surface area contributed by atoms with Gasteiger partial charge in [0.1, 0.15) is 5.82 Å². The van der Waals surface area contributed by atoms with Crippen LogP contribution < -0.4 is 0 Å². The number of nitrogens with zero attached hydrogens (tertiary/aromatic N) is 2. The fraction of sp³-hybridized carbons (Fsp3) is 0.294. The molecule has 21 heavy (non-hydrogen) atoms. The zero-order valence-electron chi connectivity index (χ0n) is 11.7. The van der Waals surface area contributed by atoms with Gasteiger partial charge >= 0.3 is 0 Å². The van der Waals surface area contributed by atoms with E-state index in [4.69, 9.17) is 0 Å². The van der Waals surface area contributed by atoms with Gasteiger partial charge in [0.15, 0.2) is 0 Å². The lowest BCUT2D eigenvalue weighted by atomic mass is 10.0. The third-order valence-corrected chi connectivity index (χ3v) is 3.93. The topological polar surface area (TPSA) is 33.2 Å². The summed E-state index contributed by atoms with van der Waals surface area (Å²) in [6, 6.07) is 10.3. The number of hydrogen-bond donors (Lipinski definition) is 0. The Morgan fingerprint density at radius 3 is 2.81 bits per heavy atom. The van der Waals surface area contributed by atoms with Gasteiger partial charge in [0.25, 0.3) is 5.91 Å². The number of carbonyl (C=O) groups excluding carboxylic acids is 1. The molecule has 1 aromatic carbocycles. The quantitative estimate of drug-likeness (QED) is 0.868. The molecule has 1 saturated heterocycles. The van der Waals surface area contributed by atoms with Crippen molar-refractivity contribution in [3.63, 3.8) is 0 Å². The van der Waals surface area contributed by atoms with Crippen LogP contribution in [0.4, 0.5) is 4.39 Å². The van der Waals surface area contributed by atoms with Crippen LogP contribution in [0.2, 0.25) is 0 Å². The maximum atomic E-state index is 13.0. The Balaban J connectivity index is 1.73. The smallest absolute Gasteiger partial charge is 0.255 e. The Bertz CT molecular complexity index is 612. The highest BCUT2D eigenvalue weighted by molar-refractivity contribution is 5.94. The van der Waals surface area contributed by atoms with Crippen LogP contribution in [-0.4, -0.2) is 28.4 Å². The maximum Gasteiger partial charge on any atom is 0.255 e. The van der Waals surface area contributed by atoms with Crippen molar-refractivity contribution >= 4 is 5.91 Å². The van der Waals surface area contributed by atoms with E-state index in [1.807, 2.05) is 4.90 Å². The van der Waals surface area contributed by atoms with Gasteiger partial charge in [0.2, 0.25) is 0 Å². The molecule has 4 heteroatoms. The highest BCUT2D eigenvalue weighted by Gasteiger charge is 2.29. The van der Waals surface area contributed by atoms with Crippen molar-refractivity contribution in [1.29, 1.82) is 0 Å². The molecular weight excluding hydrogens is 267 g/mol. The first-order valence-electron chi connectivity index (χ1n) is 7.19. The van der Waals surface area contributed by atoms with Crippen LogP contribution in [0.25, 0.3) is 0 Å². The minimum Gasteiger partial charge on any atom is -0.335 e. The van der Waals surface area contributed by atoms with Crippen LogP contribution in [0.15, 0.2) is 48.8 Å². The van der Waals surface area contributed by atoms with Crippen LogP contribution in [-0.2, 0) is 6.42 Å². The number of halogens is 1. The summed E-state index contributed by atoms with van der Waals surface area (Å²) in [5.74, 6) is -0.193. The second-order valence-electron chi connectivity index (χ2n) is 5.37. The van der Waals surface area contributed by atoms with Gasteiger partial charge in [-0.25, -0.2) is 4.39 Å². The molecule has 1 aliphatic heterocycles. The summed E-state index contributed by atoms with van der Waals surface area (Å²) >= 11 is 0. The van der Waals surface area contributed by atoms with Gasteiger partial charge in [-0.2, -0.15) is 0 Å². The first kappa shape index (κ1) is 13.7. The standard InChI is InChI=1S/C17H17FN2O/c18-15-7-5-13(6-8-15)11-16-4-2-10-20(16)17(21)14-3-1-9-19-12-14/h1,3,5-9,12,16H,2,4,10-11H2. The van der Waals surface area contributed by atoms with E-state index in [0.29, 0.717) is 5.56 Å². The van der Waals surface area contributed by atoms with Crippen LogP contribution in [0.1, 0.15) is 28.8 Å². The minimum absolute atomic E-state index is 0.0349. The molecule has 108 valence electrons. The van der Waals surface area contributed by atoms with Crippen molar-refractivity contribution in [3.8, 4) is 0 Å². The molecule has 1 fully saturated rings. The monoisotopic (exact) mass is 284 g/mol. The van der Waals surface area contributed by atoms with Gasteiger partial charge in [0, 0.05) is 25.0 Å². The number of pyridine rings is 1. The van der Waals surface area contributed by atoms with E-state index in [1.165, 1.54) is 12.1 Å². The number of rotatable bonds is 3. The van der Waals surface area contributed by atoms with E-state index >= 15 is 0 Å². The Hall–Kier alpha value is -2.23. The lowest BCUT2D eigenvalue weighted by Crippen LogP contribution is -2.36. The third kappa shape index (κ3) is 3.10. The highest BCUT2D eigenvalue weighted by Crippen LogP contribution is 2.23. The first-order chi connectivity index (χ1) is 10.2. The minimum atomic E-state index is -0.228. The highest BCUT2D eigenvalue weighted by atomic mass is 19.1. The number of aromatic nitrogens is 1. The maximum absolute atomic E-state index is 13.0. The largest absolute Gasteiger partial charge is 0.335 e. The molecule has 1 unspecified atom stereocenters. The molecule has 0 aliphatic carbocycles. The van der Waals surface area contributed by atoms with E-state index in [1.54, 1.807) is 36.7 Å². The van der Waals surface area contributed by atoms with Gasteiger partial charge < -0.3 is 4.90 Å². The Morgan fingerprint density at radius 2 is 2.10 bits per heavy atom. The van der Waals surface area contributed by atoms with Gasteiger partial charge in [-0.1, -0.05) is 12.1 Å². The molecule has 0 radical (unpaired) electrons. The third-order valence-electron chi connectivity index (χ3n) is 3.93. The number of benzene rings is 1. The lowest BCUT2D eigenvalue weighted by Gasteiger charge is -2.24. The van der Waals surface area contributed by atoms with Crippen molar-refractivity contribution in [2.24, 2.45) is 0 Å². The predicted octanol–water partition coefficient (Wildman–Crippen LogP) is 3.07. The lowest BCUT2D eigenvalue weighted by molar-refractivity contribution is 0.0736. The first-order valence-corrected chi connectivity index (χ1v) is 7.19. The molecule has 0 N–H and O–H groups in total. The van der Waals surface area contributed by atoms with Crippen LogP contribution in [0.3, 0.4) is 0 Å². The summed E-state index contributed by atoms with van der Waals surface area (Å²) in [4.78, 5) is 18.5. The molecule has 3 rings (SSSR count). The number of hydrogen-bond acceptors (Lipinski definition) is 2. The number of carbonyl (C=O) groups is 1. The molecular formula is C17H17FN2O. The summed E-state index contributed by atoms with van der Waals surface area (Å²) in [6.45, 7) is 0.777. The normalized spacial score (nSPS) is 18.0. The molecule has 1 aromatic heterocycles. The summed E-state index contributed by atoms with van der Waals surface area (Å²) in [6.07, 6.45) is 6.04. The van der Waals surface area contributed by atoms with Gasteiger partial charge in [-0.15, -0.1) is 0 Å². The SMILES string of the molecule is O=C(c1cccnc1)N1CCCC1Cc1ccc(F)cc1. The Labute approximate surface area is 123 Å². The van der Waals surface area contributed by atoms with Crippen molar-refractivity contribution in [1.82, 2.24) is 9.88 Å². The molecule has 0 saturated carbocycles. The molecule has 0 bridgehead atoms. The molecule has 1 aliphatic rings. The van der Waals surface area contributed by atoms with Gasteiger partial charge in [-0.05, 0) is 49.1 Å².